The molecule has 0 unspecified atom stereocenters. The van der Waals surface area contributed by atoms with Crippen molar-refractivity contribution in [1.82, 2.24) is 15.3 Å². The van der Waals surface area contributed by atoms with E-state index in [1.54, 1.807) is 0 Å². The Morgan fingerprint density at radius 2 is 1.85 bits per heavy atom. The predicted molar refractivity (Wildman–Crippen MR) is 92.5 cm³/mol. The van der Waals surface area contributed by atoms with Crippen LogP contribution >= 0.6 is 0 Å². The number of anilines is 1. The summed E-state index contributed by atoms with van der Waals surface area (Å²) in [5.41, 5.74) is 1.03. The molecule has 1 aromatic heterocycles. The van der Waals surface area contributed by atoms with E-state index in [-0.39, 0.29) is 17.9 Å². The number of nitrogens with one attached hydrogen (secondary N) is 1. The third-order valence-electron chi connectivity index (χ3n) is 4.07. The number of hydrogen-bond acceptors (Lipinski definition) is 5. The quantitative estimate of drug-likeness (QED) is 0.863. The fraction of sp³-hybridized carbons (Fsp3) is 0.389. The third kappa shape index (κ3) is 5.32. The van der Waals surface area contributed by atoms with Gasteiger partial charge in [-0.1, -0.05) is 0 Å². The minimum Gasteiger partial charge on any atom is -0.406 e. The molecular formula is C18H19F3N4O2. The van der Waals surface area contributed by atoms with Crippen molar-refractivity contribution in [2.75, 3.05) is 18.0 Å². The number of halogens is 3. The molecular weight excluding hydrogens is 361 g/mol. The zero-order valence-electron chi connectivity index (χ0n) is 14.7. The van der Waals surface area contributed by atoms with Gasteiger partial charge in [-0.3, -0.25) is 4.79 Å². The first-order chi connectivity index (χ1) is 12.8. The lowest BCUT2D eigenvalue weighted by Gasteiger charge is -2.17. The van der Waals surface area contributed by atoms with Crippen LogP contribution in [0.2, 0.25) is 0 Å². The van der Waals surface area contributed by atoms with Crippen molar-refractivity contribution in [1.29, 1.82) is 0 Å². The fourth-order valence-electron chi connectivity index (χ4n) is 2.87. The van der Waals surface area contributed by atoms with Gasteiger partial charge in [0.2, 0.25) is 0 Å². The van der Waals surface area contributed by atoms with E-state index in [0.29, 0.717) is 5.82 Å². The Balaban J connectivity index is 1.62. The SMILES string of the molecule is Cc1cc(N2CCCC2)nc(CNC(=O)c2ccc(OC(F)(F)F)cc2)n1. The molecule has 0 saturated carbocycles. The summed E-state index contributed by atoms with van der Waals surface area (Å²) in [7, 11) is 0. The maximum atomic E-state index is 12.2. The van der Waals surface area contributed by atoms with Crippen LogP contribution < -0.4 is 15.0 Å². The topological polar surface area (TPSA) is 67.4 Å². The van der Waals surface area contributed by atoms with E-state index in [0.717, 1.165) is 49.6 Å². The molecule has 0 radical (unpaired) electrons. The van der Waals surface area contributed by atoms with E-state index >= 15 is 0 Å². The van der Waals surface area contributed by atoms with E-state index < -0.39 is 12.3 Å². The van der Waals surface area contributed by atoms with Gasteiger partial charge < -0.3 is 15.0 Å². The average Bonchev–Trinajstić information content (AvgIpc) is 3.13. The summed E-state index contributed by atoms with van der Waals surface area (Å²) in [6.07, 6.45) is -2.51. The second-order valence-electron chi connectivity index (χ2n) is 6.23. The Bertz CT molecular complexity index is 803. The number of nitrogens with zero attached hydrogens (tertiary/aromatic N) is 3. The Hall–Kier alpha value is -2.84. The number of aryl methyl sites for hydroxylation is 1. The Morgan fingerprint density at radius 3 is 2.48 bits per heavy atom. The molecule has 0 bridgehead atoms. The zero-order chi connectivity index (χ0) is 19.4. The molecule has 144 valence electrons. The minimum atomic E-state index is -4.76. The molecule has 1 amide bonds. The first-order valence-corrected chi connectivity index (χ1v) is 8.54. The average molecular weight is 380 g/mol. The summed E-state index contributed by atoms with van der Waals surface area (Å²) in [5, 5.41) is 2.68. The van der Waals surface area contributed by atoms with Crippen LogP contribution in [-0.4, -0.2) is 35.3 Å². The Morgan fingerprint density at radius 1 is 1.19 bits per heavy atom. The number of ether oxygens (including phenoxy) is 1. The summed E-state index contributed by atoms with van der Waals surface area (Å²) in [5.74, 6) is 0.526. The van der Waals surface area contributed by atoms with Crippen LogP contribution in [0.25, 0.3) is 0 Å². The summed E-state index contributed by atoms with van der Waals surface area (Å²) in [6, 6.07) is 6.64. The summed E-state index contributed by atoms with van der Waals surface area (Å²) < 4.78 is 40.3. The Labute approximate surface area is 154 Å². The number of carbonyl (C=O) groups excluding carboxylic acids is 1. The standard InChI is InChI=1S/C18H19F3N4O2/c1-12-10-16(25-8-2-3-9-25)24-15(23-12)11-22-17(26)13-4-6-14(7-5-13)27-18(19,20)21/h4-7,10H,2-3,8-9,11H2,1H3,(H,22,26). The fourth-order valence-corrected chi connectivity index (χ4v) is 2.87. The molecule has 2 aromatic rings. The molecule has 1 N–H and O–H groups in total. The molecule has 1 aliphatic rings. The molecule has 1 aliphatic heterocycles. The van der Waals surface area contributed by atoms with Crippen LogP contribution in [0, 0.1) is 6.92 Å². The van der Waals surface area contributed by atoms with Crippen LogP contribution in [0.5, 0.6) is 5.75 Å². The normalized spacial score (nSPS) is 14.3. The molecule has 1 fully saturated rings. The molecule has 27 heavy (non-hydrogen) atoms. The highest BCUT2D eigenvalue weighted by Gasteiger charge is 2.31. The number of alkyl halides is 3. The molecule has 1 aromatic carbocycles. The highest BCUT2D eigenvalue weighted by Crippen LogP contribution is 2.23. The zero-order valence-corrected chi connectivity index (χ0v) is 14.7. The first kappa shape index (κ1) is 18.9. The predicted octanol–water partition coefficient (Wildman–Crippen LogP) is 3.21. The van der Waals surface area contributed by atoms with Crippen LogP contribution in [0.4, 0.5) is 19.0 Å². The number of hydrogen-bond donors (Lipinski definition) is 1. The smallest absolute Gasteiger partial charge is 0.406 e. The van der Waals surface area contributed by atoms with Gasteiger partial charge >= 0.3 is 6.36 Å². The van der Waals surface area contributed by atoms with Gasteiger partial charge in [0.15, 0.2) is 0 Å². The molecule has 9 heteroatoms. The van der Waals surface area contributed by atoms with E-state index in [1.165, 1.54) is 12.1 Å². The van der Waals surface area contributed by atoms with E-state index in [1.807, 2.05) is 13.0 Å². The first-order valence-electron chi connectivity index (χ1n) is 8.54. The van der Waals surface area contributed by atoms with Crippen molar-refractivity contribution in [3.05, 3.63) is 47.4 Å². The van der Waals surface area contributed by atoms with Crippen molar-refractivity contribution in [2.45, 2.75) is 32.7 Å². The molecule has 1 saturated heterocycles. The maximum absolute atomic E-state index is 12.2. The summed E-state index contributed by atoms with van der Waals surface area (Å²) in [4.78, 5) is 23.2. The number of benzene rings is 1. The number of amides is 1. The number of aromatic nitrogens is 2. The van der Waals surface area contributed by atoms with Crippen LogP contribution in [-0.2, 0) is 6.54 Å². The van der Waals surface area contributed by atoms with Gasteiger partial charge in [0, 0.05) is 30.4 Å². The second kappa shape index (κ2) is 7.81. The van der Waals surface area contributed by atoms with Gasteiger partial charge in [-0.2, -0.15) is 0 Å². The molecule has 6 nitrogen and oxygen atoms in total. The van der Waals surface area contributed by atoms with Crippen molar-refractivity contribution in [3.63, 3.8) is 0 Å². The molecule has 0 spiro atoms. The second-order valence-corrected chi connectivity index (χ2v) is 6.23. The largest absolute Gasteiger partial charge is 0.573 e. The highest BCUT2D eigenvalue weighted by atomic mass is 19.4. The summed E-state index contributed by atoms with van der Waals surface area (Å²) in [6.45, 7) is 3.90. The van der Waals surface area contributed by atoms with E-state index in [4.69, 9.17) is 0 Å². The van der Waals surface area contributed by atoms with Crippen molar-refractivity contribution >= 4 is 11.7 Å². The van der Waals surface area contributed by atoms with Gasteiger partial charge in [0.1, 0.15) is 17.4 Å². The minimum absolute atomic E-state index is 0.127. The molecule has 2 heterocycles. The van der Waals surface area contributed by atoms with Crippen LogP contribution in [0.1, 0.15) is 34.7 Å². The molecule has 0 atom stereocenters. The van der Waals surface area contributed by atoms with Crippen molar-refractivity contribution in [3.8, 4) is 5.75 Å². The van der Waals surface area contributed by atoms with Gasteiger partial charge in [-0.05, 0) is 44.0 Å². The highest BCUT2D eigenvalue weighted by molar-refractivity contribution is 5.94. The monoisotopic (exact) mass is 380 g/mol. The summed E-state index contributed by atoms with van der Waals surface area (Å²) >= 11 is 0. The number of rotatable bonds is 5. The van der Waals surface area contributed by atoms with Crippen molar-refractivity contribution in [2.24, 2.45) is 0 Å². The van der Waals surface area contributed by atoms with Crippen LogP contribution in [0.15, 0.2) is 30.3 Å². The molecule has 3 rings (SSSR count). The lowest BCUT2D eigenvalue weighted by atomic mass is 10.2. The lowest BCUT2D eigenvalue weighted by molar-refractivity contribution is -0.274. The van der Waals surface area contributed by atoms with Crippen LogP contribution in [0.3, 0.4) is 0 Å². The van der Waals surface area contributed by atoms with Gasteiger partial charge in [-0.15, -0.1) is 13.2 Å². The van der Waals surface area contributed by atoms with Gasteiger partial charge in [0.05, 0.1) is 6.54 Å². The van der Waals surface area contributed by atoms with Gasteiger partial charge in [0.25, 0.3) is 5.91 Å². The van der Waals surface area contributed by atoms with Crippen molar-refractivity contribution < 1.29 is 22.7 Å². The Kier molecular flexibility index (Phi) is 5.48. The lowest BCUT2D eigenvalue weighted by Crippen LogP contribution is -2.25. The number of carbonyl (C=O) groups is 1. The third-order valence-corrected chi connectivity index (χ3v) is 4.07. The van der Waals surface area contributed by atoms with E-state index in [9.17, 15) is 18.0 Å². The van der Waals surface area contributed by atoms with Gasteiger partial charge in [-0.25, -0.2) is 9.97 Å². The van der Waals surface area contributed by atoms with E-state index in [2.05, 4.69) is 24.9 Å². The molecule has 0 aliphatic carbocycles. The maximum Gasteiger partial charge on any atom is 0.573 e.